The molecule has 0 atom stereocenters. The molecular formula is C17H12FN5. The highest BCUT2D eigenvalue weighted by atomic mass is 19.1. The van der Waals surface area contributed by atoms with Crippen molar-refractivity contribution in [2.75, 3.05) is 5.32 Å². The third kappa shape index (κ3) is 2.62. The minimum atomic E-state index is -0.281. The number of benzene rings is 1. The first-order chi connectivity index (χ1) is 11.3. The molecule has 3 heterocycles. The molecule has 112 valence electrons. The molecule has 6 heteroatoms. The van der Waals surface area contributed by atoms with Crippen molar-refractivity contribution in [3.8, 4) is 11.3 Å². The van der Waals surface area contributed by atoms with Crippen LogP contribution in [-0.2, 0) is 0 Å². The zero-order valence-corrected chi connectivity index (χ0v) is 12.0. The summed E-state index contributed by atoms with van der Waals surface area (Å²) in [6.45, 7) is 0. The van der Waals surface area contributed by atoms with Crippen LogP contribution in [0.3, 0.4) is 0 Å². The Morgan fingerprint density at radius 2 is 1.87 bits per heavy atom. The van der Waals surface area contributed by atoms with Crippen molar-refractivity contribution in [2.45, 2.75) is 0 Å². The summed E-state index contributed by atoms with van der Waals surface area (Å²) in [6.07, 6.45) is 7.13. The minimum Gasteiger partial charge on any atom is -0.360 e. The molecule has 4 rings (SSSR count). The van der Waals surface area contributed by atoms with E-state index in [2.05, 4.69) is 25.3 Å². The van der Waals surface area contributed by atoms with Crippen LogP contribution in [0.4, 0.5) is 16.0 Å². The smallest absolute Gasteiger partial charge is 0.227 e. The average Bonchev–Trinajstić information content (AvgIpc) is 3.01. The molecule has 2 N–H and O–H groups in total. The number of hydrogen-bond donors (Lipinski definition) is 2. The fraction of sp³-hybridized carbons (Fsp3) is 0. The molecule has 0 unspecified atom stereocenters. The first kappa shape index (κ1) is 13.4. The number of aromatic nitrogens is 4. The van der Waals surface area contributed by atoms with Gasteiger partial charge in [0.1, 0.15) is 5.82 Å². The van der Waals surface area contributed by atoms with Gasteiger partial charge in [-0.25, -0.2) is 14.4 Å². The highest BCUT2D eigenvalue weighted by Gasteiger charge is 2.08. The molecule has 23 heavy (non-hydrogen) atoms. The molecular weight excluding hydrogens is 293 g/mol. The number of nitrogens with zero attached hydrogens (tertiary/aromatic N) is 3. The predicted molar refractivity (Wildman–Crippen MR) is 86.8 cm³/mol. The monoisotopic (exact) mass is 305 g/mol. The van der Waals surface area contributed by atoms with Crippen molar-refractivity contribution in [1.82, 2.24) is 19.9 Å². The van der Waals surface area contributed by atoms with E-state index in [1.807, 2.05) is 18.3 Å². The normalized spacial score (nSPS) is 10.8. The van der Waals surface area contributed by atoms with E-state index in [1.54, 1.807) is 30.7 Å². The number of hydrogen-bond acceptors (Lipinski definition) is 4. The van der Waals surface area contributed by atoms with Gasteiger partial charge in [0.2, 0.25) is 5.95 Å². The number of H-pyrrole nitrogens is 1. The average molecular weight is 305 g/mol. The van der Waals surface area contributed by atoms with Crippen molar-refractivity contribution in [3.05, 3.63) is 67.0 Å². The molecule has 0 amide bonds. The van der Waals surface area contributed by atoms with Gasteiger partial charge in [-0.1, -0.05) is 0 Å². The molecule has 3 aromatic heterocycles. The number of aromatic amines is 1. The second-order valence-electron chi connectivity index (χ2n) is 5.02. The molecule has 0 saturated heterocycles. The summed E-state index contributed by atoms with van der Waals surface area (Å²) in [5.74, 6) is 0.170. The Morgan fingerprint density at radius 3 is 2.74 bits per heavy atom. The van der Waals surface area contributed by atoms with E-state index in [9.17, 15) is 4.39 Å². The third-order valence-corrected chi connectivity index (χ3v) is 3.52. The lowest BCUT2D eigenvalue weighted by Gasteiger charge is -2.06. The lowest BCUT2D eigenvalue weighted by molar-refractivity contribution is 0.628. The summed E-state index contributed by atoms with van der Waals surface area (Å²) in [7, 11) is 0. The highest BCUT2D eigenvalue weighted by Crippen LogP contribution is 2.27. The zero-order valence-electron chi connectivity index (χ0n) is 12.0. The molecule has 0 saturated carbocycles. The number of pyridine rings is 1. The van der Waals surface area contributed by atoms with E-state index < -0.39 is 0 Å². The fourth-order valence-electron chi connectivity index (χ4n) is 2.41. The second-order valence-corrected chi connectivity index (χ2v) is 5.02. The molecule has 1 aromatic carbocycles. The van der Waals surface area contributed by atoms with Crippen LogP contribution in [0.1, 0.15) is 0 Å². The van der Waals surface area contributed by atoms with Gasteiger partial charge in [0, 0.05) is 46.9 Å². The standard InChI is InChI=1S/C17H12FN5/c18-11-1-3-12(4-2-11)22-17-20-8-6-16(23-17)14-10-21-15-5-7-19-9-13(14)15/h1-10,21H,(H,20,22,23). The molecule has 0 radical (unpaired) electrons. The van der Waals surface area contributed by atoms with Gasteiger partial charge in [-0.2, -0.15) is 0 Å². The predicted octanol–water partition coefficient (Wildman–Crippen LogP) is 3.90. The van der Waals surface area contributed by atoms with Crippen molar-refractivity contribution >= 4 is 22.5 Å². The number of nitrogens with one attached hydrogen (secondary N) is 2. The quantitative estimate of drug-likeness (QED) is 0.602. The lowest BCUT2D eigenvalue weighted by Crippen LogP contribution is -1.97. The molecule has 0 aliphatic rings. The van der Waals surface area contributed by atoms with Crippen LogP contribution in [0.2, 0.25) is 0 Å². The molecule has 4 aromatic rings. The summed E-state index contributed by atoms with van der Waals surface area (Å²) in [5.41, 5.74) is 3.47. The Balaban J connectivity index is 1.70. The van der Waals surface area contributed by atoms with Crippen LogP contribution < -0.4 is 5.32 Å². The zero-order chi connectivity index (χ0) is 15.6. The van der Waals surface area contributed by atoms with E-state index >= 15 is 0 Å². The SMILES string of the molecule is Fc1ccc(Nc2nccc(-c3c[nH]c4ccncc34)n2)cc1. The molecule has 0 bridgehead atoms. The highest BCUT2D eigenvalue weighted by molar-refractivity contribution is 5.93. The van der Waals surface area contributed by atoms with Crippen molar-refractivity contribution in [1.29, 1.82) is 0 Å². The number of rotatable bonds is 3. The summed E-state index contributed by atoms with van der Waals surface area (Å²) in [5, 5.41) is 4.07. The van der Waals surface area contributed by atoms with Gasteiger partial charge in [0.05, 0.1) is 5.69 Å². The topological polar surface area (TPSA) is 66.5 Å². The van der Waals surface area contributed by atoms with Crippen LogP contribution in [0, 0.1) is 5.82 Å². The van der Waals surface area contributed by atoms with Crippen molar-refractivity contribution in [2.24, 2.45) is 0 Å². The Labute approximate surface area is 131 Å². The fourth-order valence-corrected chi connectivity index (χ4v) is 2.41. The maximum Gasteiger partial charge on any atom is 0.227 e. The molecule has 0 fully saturated rings. The number of fused-ring (bicyclic) bond motifs is 1. The van der Waals surface area contributed by atoms with E-state index in [-0.39, 0.29) is 5.82 Å². The van der Waals surface area contributed by atoms with Gasteiger partial charge in [0.15, 0.2) is 0 Å². The largest absolute Gasteiger partial charge is 0.360 e. The van der Waals surface area contributed by atoms with Crippen LogP contribution >= 0.6 is 0 Å². The number of anilines is 2. The van der Waals surface area contributed by atoms with Crippen LogP contribution in [0.15, 0.2) is 61.2 Å². The van der Waals surface area contributed by atoms with Crippen LogP contribution in [-0.4, -0.2) is 19.9 Å². The van der Waals surface area contributed by atoms with E-state index in [4.69, 9.17) is 0 Å². The summed E-state index contributed by atoms with van der Waals surface area (Å²) in [4.78, 5) is 16.1. The van der Waals surface area contributed by atoms with Gasteiger partial charge >= 0.3 is 0 Å². The Kier molecular flexibility index (Phi) is 3.20. The van der Waals surface area contributed by atoms with Gasteiger partial charge in [-0.3, -0.25) is 4.98 Å². The summed E-state index contributed by atoms with van der Waals surface area (Å²) < 4.78 is 13.0. The minimum absolute atomic E-state index is 0.281. The van der Waals surface area contributed by atoms with Crippen LogP contribution in [0.5, 0.6) is 0 Å². The second kappa shape index (κ2) is 5.49. The maximum absolute atomic E-state index is 13.0. The molecule has 0 aliphatic heterocycles. The Hall–Kier alpha value is -3.28. The third-order valence-electron chi connectivity index (χ3n) is 3.52. The molecule has 0 aliphatic carbocycles. The van der Waals surface area contributed by atoms with Gasteiger partial charge in [-0.05, 0) is 36.4 Å². The van der Waals surface area contributed by atoms with Crippen LogP contribution in [0.25, 0.3) is 22.2 Å². The van der Waals surface area contributed by atoms with Gasteiger partial charge in [0.25, 0.3) is 0 Å². The summed E-state index contributed by atoms with van der Waals surface area (Å²) >= 11 is 0. The van der Waals surface area contributed by atoms with Crippen molar-refractivity contribution in [3.63, 3.8) is 0 Å². The lowest BCUT2D eigenvalue weighted by atomic mass is 10.1. The number of halogens is 1. The summed E-state index contributed by atoms with van der Waals surface area (Å²) in [6, 6.07) is 9.81. The molecule has 5 nitrogen and oxygen atoms in total. The van der Waals surface area contributed by atoms with E-state index in [0.29, 0.717) is 5.95 Å². The van der Waals surface area contributed by atoms with Gasteiger partial charge < -0.3 is 10.3 Å². The first-order valence-electron chi connectivity index (χ1n) is 7.07. The Morgan fingerprint density at radius 1 is 1.00 bits per heavy atom. The van der Waals surface area contributed by atoms with E-state index in [1.165, 1.54) is 12.1 Å². The van der Waals surface area contributed by atoms with E-state index in [0.717, 1.165) is 27.8 Å². The van der Waals surface area contributed by atoms with Crippen molar-refractivity contribution < 1.29 is 4.39 Å². The molecule has 0 spiro atoms. The van der Waals surface area contributed by atoms with Gasteiger partial charge in [-0.15, -0.1) is 0 Å². The Bertz CT molecular complexity index is 962. The first-order valence-corrected chi connectivity index (χ1v) is 7.07. The maximum atomic E-state index is 13.0.